The lowest BCUT2D eigenvalue weighted by Gasteiger charge is -2.09. The zero-order valence-electron chi connectivity index (χ0n) is 14.6. The van der Waals surface area contributed by atoms with Gasteiger partial charge >= 0.3 is 0 Å². The number of amides is 1. The number of hydrogen-bond donors (Lipinski definition) is 2. The van der Waals surface area contributed by atoms with E-state index in [2.05, 4.69) is 15.4 Å². The summed E-state index contributed by atoms with van der Waals surface area (Å²) in [7, 11) is -3.72. The molecule has 0 atom stereocenters. The fourth-order valence-electron chi connectivity index (χ4n) is 2.54. The molecule has 0 aliphatic rings. The summed E-state index contributed by atoms with van der Waals surface area (Å²) in [6.45, 7) is 6.01. The number of carbonyl (C=O) groups is 1. The molecule has 138 valence electrons. The Balaban J connectivity index is 1.79. The van der Waals surface area contributed by atoms with E-state index < -0.39 is 10.0 Å². The summed E-state index contributed by atoms with van der Waals surface area (Å²) in [4.78, 5) is 17.7. The number of rotatable bonds is 5. The van der Waals surface area contributed by atoms with Crippen LogP contribution in [-0.4, -0.2) is 29.1 Å². The van der Waals surface area contributed by atoms with Gasteiger partial charge in [-0.2, -0.15) is 5.10 Å². The SMILES string of the molecule is Cc1nc2c(cnn2C(C)C)cc1C(=O)NCc1ccc(S(N)(=O)=O)s1. The standard InChI is InChI=1S/C16H19N5O3S2/c1-9(2)21-15-11(7-19-21)6-13(10(3)20-15)16(22)18-8-12-4-5-14(25-12)26(17,23)24/h4-7,9H,8H2,1-3H3,(H,18,22)(H2,17,23,24). The zero-order valence-corrected chi connectivity index (χ0v) is 16.2. The number of nitrogens with zero attached hydrogens (tertiary/aromatic N) is 3. The lowest BCUT2D eigenvalue weighted by molar-refractivity contribution is 0.0950. The van der Waals surface area contributed by atoms with Gasteiger partial charge in [0.15, 0.2) is 5.65 Å². The van der Waals surface area contributed by atoms with E-state index in [1.54, 1.807) is 25.3 Å². The Bertz CT molecular complexity index is 1080. The van der Waals surface area contributed by atoms with Crippen molar-refractivity contribution in [3.8, 4) is 0 Å². The molecule has 0 fully saturated rings. The lowest BCUT2D eigenvalue weighted by atomic mass is 10.1. The van der Waals surface area contributed by atoms with Gasteiger partial charge in [0, 0.05) is 16.3 Å². The van der Waals surface area contributed by atoms with Crippen molar-refractivity contribution >= 4 is 38.3 Å². The van der Waals surface area contributed by atoms with Gasteiger partial charge in [0.05, 0.1) is 24.0 Å². The van der Waals surface area contributed by atoms with Crippen LogP contribution in [0.25, 0.3) is 11.0 Å². The third kappa shape index (κ3) is 3.62. The summed E-state index contributed by atoms with van der Waals surface area (Å²) in [5, 5.41) is 13.0. The van der Waals surface area contributed by atoms with Gasteiger partial charge in [0.1, 0.15) is 4.21 Å². The fraction of sp³-hybridized carbons (Fsp3) is 0.312. The number of nitrogens with two attached hydrogens (primary N) is 1. The molecule has 3 rings (SSSR count). The highest BCUT2D eigenvalue weighted by molar-refractivity contribution is 7.91. The smallest absolute Gasteiger partial charge is 0.253 e. The van der Waals surface area contributed by atoms with Gasteiger partial charge in [-0.1, -0.05) is 0 Å². The molecule has 1 amide bonds. The molecule has 26 heavy (non-hydrogen) atoms. The van der Waals surface area contributed by atoms with Crippen molar-refractivity contribution in [2.75, 3.05) is 0 Å². The number of hydrogen-bond acceptors (Lipinski definition) is 6. The van der Waals surface area contributed by atoms with E-state index in [-0.39, 0.29) is 22.7 Å². The quantitative estimate of drug-likeness (QED) is 0.686. The van der Waals surface area contributed by atoms with Crippen LogP contribution in [-0.2, 0) is 16.6 Å². The highest BCUT2D eigenvalue weighted by Crippen LogP contribution is 2.21. The van der Waals surface area contributed by atoms with Gasteiger partial charge in [-0.25, -0.2) is 23.2 Å². The maximum atomic E-state index is 12.5. The maximum absolute atomic E-state index is 12.5. The van der Waals surface area contributed by atoms with E-state index in [4.69, 9.17) is 5.14 Å². The number of carbonyl (C=O) groups excluding carboxylic acids is 1. The third-order valence-corrected chi connectivity index (χ3v) is 6.36. The summed E-state index contributed by atoms with van der Waals surface area (Å²) < 4.78 is 24.5. The first-order valence-corrected chi connectivity index (χ1v) is 10.3. The molecule has 0 bridgehead atoms. The predicted octanol–water partition coefficient (Wildman–Crippen LogP) is 1.96. The molecule has 0 aliphatic carbocycles. The number of thiophene rings is 1. The summed E-state index contributed by atoms with van der Waals surface area (Å²) in [6, 6.07) is 5.00. The van der Waals surface area contributed by atoms with Crippen LogP contribution in [0.1, 0.15) is 40.8 Å². The molecule has 0 unspecified atom stereocenters. The fourth-order valence-corrected chi connectivity index (χ4v) is 4.26. The molecule has 0 aliphatic heterocycles. The normalized spacial score (nSPS) is 12.0. The number of sulfonamides is 1. The highest BCUT2D eigenvalue weighted by atomic mass is 32.2. The monoisotopic (exact) mass is 393 g/mol. The van der Waals surface area contributed by atoms with Crippen molar-refractivity contribution in [2.45, 2.75) is 37.6 Å². The van der Waals surface area contributed by atoms with Crippen LogP contribution in [0.5, 0.6) is 0 Å². The molecule has 0 aromatic carbocycles. The molecular formula is C16H19N5O3S2. The molecule has 3 aromatic rings. The van der Waals surface area contributed by atoms with E-state index in [1.165, 1.54) is 6.07 Å². The van der Waals surface area contributed by atoms with E-state index in [9.17, 15) is 13.2 Å². The minimum absolute atomic E-state index is 0.0714. The summed E-state index contributed by atoms with van der Waals surface area (Å²) >= 11 is 1.03. The van der Waals surface area contributed by atoms with Crippen LogP contribution in [0.2, 0.25) is 0 Å². The lowest BCUT2D eigenvalue weighted by Crippen LogP contribution is -2.23. The largest absolute Gasteiger partial charge is 0.347 e. The van der Waals surface area contributed by atoms with Gasteiger partial charge in [-0.3, -0.25) is 4.79 Å². The summed E-state index contributed by atoms with van der Waals surface area (Å²) in [5.74, 6) is -0.278. The molecular weight excluding hydrogens is 374 g/mol. The van der Waals surface area contributed by atoms with Crippen LogP contribution >= 0.6 is 11.3 Å². The minimum atomic E-state index is -3.72. The second-order valence-electron chi connectivity index (χ2n) is 6.17. The van der Waals surface area contributed by atoms with Gasteiger partial charge in [0.2, 0.25) is 10.0 Å². The molecule has 8 nitrogen and oxygen atoms in total. The molecule has 0 radical (unpaired) electrons. The Morgan fingerprint density at radius 3 is 2.73 bits per heavy atom. The molecule has 0 saturated heterocycles. The first kappa shape index (κ1) is 18.5. The van der Waals surface area contributed by atoms with E-state index in [0.29, 0.717) is 16.1 Å². The first-order valence-electron chi connectivity index (χ1n) is 7.91. The Hall–Kier alpha value is -2.30. The number of primary sulfonamides is 1. The Morgan fingerprint density at radius 1 is 1.38 bits per heavy atom. The molecule has 0 spiro atoms. The summed E-state index contributed by atoms with van der Waals surface area (Å²) in [6.07, 6.45) is 1.69. The second-order valence-corrected chi connectivity index (χ2v) is 9.12. The molecule has 3 heterocycles. The van der Waals surface area contributed by atoms with Crippen molar-refractivity contribution in [2.24, 2.45) is 5.14 Å². The van der Waals surface area contributed by atoms with Crippen LogP contribution in [0.15, 0.2) is 28.6 Å². The Morgan fingerprint density at radius 2 is 2.12 bits per heavy atom. The predicted molar refractivity (Wildman–Crippen MR) is 99.5 cm³/mol. The molecule has 3 N–H and O–H groups in total. The number of aryl methyl sites for hydroxylation is 1. The van der Waals surface area contributed by atoms with Gasteiger partial charge < -0.3 is 5.32 Å². The van der Waals surface area contributed by atoms with Crippen molar-refractivity contribution in [1.82, 2.24) is 20.1 Å². The van der Waals surface area contributed by atoms with Gasteiger partial charge in [0.25, 0.3) is 5.91 Å². The summed E-state index contributed by atoms with van der Waals surface area (Å²) in [5.41, 5.74) is 1.81. The van der Waals surface area contributed by atoms with Crippen molar-refractivity contribution in [1.29, 1.82) is 0 Å². The number of pyridine rings is 1. The second kappa shape index (κ2) is 6.78. The number of nitrogens with one attached hydrogen (secondary N) is 1. The van der Waals surface area contributed by atoms with Crippen molar-refractivity contribution in [3.05, 3.63) is 40.5 Å². The van der Waals surface area contributed by atoms with Crippen LogP contribution < -0.4 is 10.5 Å². The molecule has 10 heteroatoms. The average molecular weight is 393 g/mol. The van der Waals surface area contributed by atoms with Crippen molar-refractivity contribution < 1.29 is 13.2 Å². The van der Waals surface area contributed by atoms with Crippen LogP contribution in [0.3, 0.4) is 0 Å². The van der Waals surface area contributed by atoms with Crippen molar-refractivity contribution in [3.63, 3.8) is 0 Å². The van der Waals surface area contributed by atoms with E-state index in [1.807, 2.05) is 18.5 Å². The van der Waals surface area contributed by atoms with Crippen LogP contribution in [0, 0.1) is 6.92 Å². The highest BCUT2D eigenvalue weighted by Gasteiger charge is 2.16. The van der Waals surface area contributed by atoms with Crippen LogP contribution in [0.4, 0.5) is 0 Å². The van der Waals surface area contributed by atoms with E-state index >= 15 is 0 Å². The number of aromatic nitrogens is 3. The minimum Gasteiger partial charge on any atom is -0.347 e. The van der Waals surface area contributed by atoms with E-state index in [0.717, 1.165) is 22.4 Å². The third-order valence-electron chi connectivity index (χ3n) is 3.83. The Labute approximate surface area is 155 Å². The first-order chi connectivity index (χ1) is 12.2. The average Bonchev–Trinajstić information content (AvgIpc) is 3.17. The molecule has 0 saturated carbocycles. The Kier molecular flexibility index (Phi) is 4.82. The van der Waals surface area contributed by atoms with Gasteiger partial charge in [-0.15, -0.1) is 11.3 Å². The zero-order chi connectivity index (χ0) is 19.1. The molecule has 3 aromatic heterocycles. The maximum Gasteiger partial charge on any atom is 0.253 e. The topological polar surface area (TPSA) is 120 Å². The number of fused-ring (bicyclic) bond motifs is 1. The van der Waals surface area contributed by atoms with Gasteiger partial charge in [-0.05, 0) is 39.0 Å².